The topological polar surface area (TPSA) is 124 Å². The Kier molecular flexibility index (Phi) is 5.91. The molecule has 2 amide bonds. The van der Waals surface area contributed by atoms with Crippen molar-refractivity contribution in [2.45, 2.75) is 33.1 Å². The molecule has 11 nitrogen and oxygen atoms in total. The molecule has 0 aromatic carbocycles. The second-order valence-corrected chi connectivity index (χ2v) is 7.39. The van der Waals surface area contributed by atoms with Crippen molar-refractivity contribution in [1.82, 2.24) is 34.6 Å². The number of fused-ring (bicyclic) bond motifs is 1. The van der Waals surface area contributed by atoms with E-state index < -0.39 is 29.7 Å². The van der Waals surface area contributed by atoms with Crippen molar-refractivity contribution in [2.24, 2.45) is 0 Å². The van der Waals surface area contributed by atoms with Gasteiger partial charge in [0.2, 0.25) is 0 Å². The van der Waals surface area contributed by atoms with Crippen LogP contribution in [-0.2, 0) is 10.9 Å². The van der Waals surface area contributed by atoms with Gasteiger partial charge in [0.05, 0.1) is 59.2 Å². The number of pyridine rings is 1. The molecule has 0 radical (unpaired) electrons. The first-order valence-electron chi connectivity index (χ1n) is 9.99. The van der Waals surface area contributed by atoms with Gasteiger partial charge in [-0.05, 0) is 26.8 Å². The van der Waals surface area contributed by atoms with E-state index in [1.165, 1.54) is 32.6 Å². The van der Waals surface area contributed by atoms with Gasteiger partial charge in [-0.3, -0.25) is 0 Å². The third-order valence-corrected chi connectivity index (χ3v) is 5.01. The summed E-state index contributed by atoms with van der Waals surface area (Å²) in [6.07, 6.45) is 0.393. The molecule has 4 heterocycles. The van der Waals surface area contributed by atoms with Crippen LogP contribution in [0.4, 0.5) is 29.3 Å². The first-order chi connectivity index (χ1) is 16.1. The van der Waals surface area contributed by atoms with E-state index in [2.05, 4.69) is 35.9 Å². The molecule has 178 valence electrons. The first-order valence-corrected chi connectivity index (χ1v) is 9.99. The van der Waals surface area contributed by atoms with Gasteiger partial charge in [0.1, 0.15) is 5.56 Å². The van der Waals surface area contributed by atoms with Crippen LogP contribution in [0.25, 0.3) is 11.5 Å². The van der Waals surface area contributed by atoms with Crippen LogP contribution in [0.15, 0.2) is 30.9 Å². The van der Waals surface area contributed by atoms with Crippen LogP contribution < -0.4 is 10.6 Å². The second-order valence-electron chi connectivity index (χ2n) is 7.39. The number of methoxy groups -OCH3 is 1. The number of aryl methyl sites for hydroxylation is 2. The molecule has 1 atom stereocenters. The largest absolute Gasteiger partial charge is 0.420 e. The van der Waals surface area contributed by atoms with Crippen molar-refractivity contribution in [3.8, 4) is 5.82 Å². The third kappa shape index (κ3) is 4.39. The molecule has 0 saturated carbocycles. The highest BCUT2D eigenvalue weighted by atomic mass is 19.4. The van der Waals surface area contributed by atoms with Gasteiger partial charge in [0, 0.05) is 7.11 Å². The van der Waals surface area contributed by atoms with Crippen LogP contribution in [0.5, 0.6) is 0 Å². The minimum absolute atomic E-state index is 0.132. The predicted octanol–water partition coefficient (Wildman–Crippen LogP) is 3.69. The maximum Gasteiger partial charge on any atom is 0.420 e. The summed E-state index contributed by atoms with van der Waals surface area (Å²) in [7, 11) is 1.50. The van der Waals surface area contributed by atoms with Crippen molar-refractivity contribution in [2.75, 3.05) is 17.7 Å². The van der Waals surface area contributed by atoms with Crippen molar-refractivity contribution >= 4 is 23.1 Å². The fraction of sp³-hybridized carbons (Fsp3) is 0.300. The summed E-state index contributed by atoms with van der Waals surface area (Å²) in [6.45, 7) is 5.03. The van der Waals surface area contributed by atoms with Crippen LogP contribution in [0.2, 0.25) is 0 Å². The zero-order valence-corrected chi connectivity index (χ0v) is 18.5. The van der Waals surface area contributed by atoms with Gasteiger partial charge in [-0.15, -0.1) is 4.80 Å². The fourth-order valence-electron chi connectivity index (χ4n) is 3.37. The van der Waals surface area contributed by atoms with E-state index in [9.17, 15) is 18.0 Å². The second kappa shape index (κ2) is 8.70. The lowest BCUT2D eigenvalue weighted by molar-refractivity contribution is -0.137. The highest BCUT2D eigenvalue weighted by Crippen LogP contribution is 2.35. The Balaban J connectivity index is 1.67. The highest BCUT2D eigenvalue weighted by Gasteiger charge is 2.36. The molecule has 0 aliphatic rings. The number of rotatable bonds is 5. The number of nitrogens with zero attached hydrogens (tertiary/aromatic N) is 7. The smallest absolute Gasteiger partial charge is 0.377 e. The van der Waals surface area contributed by atoms with Gasteiger partial charge in [-0.25, -0.2) is 19.3 Å². The standard InChI is InChI=1S/C20H20F3N9O2/c1-10-9-31-18(27-10)16(12(3)34-4)15(8-26-31)30-19(33)29-14-7-13(20(21,22)23)17(28-11(14)2)32-24-5-6-25-32/h5-9,12H,1-4H3,(H2,29,30,33)/t12-/m0/s1. The van der Waals surface area contributed by atoms with E-state index in [1.54, 1.807) is 24.6 Å². The molecule has 0 saturated heterocycles. The van der Waals surface area contributed by atoms with E-state index in [1.807, 2.05) is 0 Å². The SMILES string of the molecule is CO[C@@H](C)c1c(NC(=O)Nc2cc(C(F)(F)F)c(-n3nccn3)nc2C)cnn2cc(C)nc12. The number of halogens is 3. The van der Waals surface area contributed by atoms with Crippen molar-refractivity contribution in [3.63, 3.8) is 0 Å². The number of alkyl halides is 3. The monoisotopic (exact) mass is 475 g/mol. The van der Waals surface area contributed by atoms with Gasteiger partial charge >= 0.3 is 12.2 Å². The number of aromatic nitrogens is 7. The summed E-state index contributed by atoms with van der Waals surface area (Å²) in [6, 6.07) is 0.000540. The normalized spacial score (nSPS) is 12.7. The molecule has 0 aliphatic carbocycles. The van der Waals surface area contributed by atoms with Crippen LogP contribution in [-0.4, -0.2) is 47.7 Å². The Hall–Kier alpha value is -4.07. The van der Waals surface area contributed by atoms with Gasteiger partial charge in [-0.2, -0.15) is 28.5 Å². The van der Waals surface area contributed by atoms with E-state index in [0.717, 1.165) is 10.9 Å². The average molecular weight is 475 g/mol. The molecule has 0 fully saturated rings. The lowest BCUT2D eigenvalue weighted by atomic mass is 10.1. The Bertz CT molecular complexity index is 1350. The van der Waals surface area contributed by atoms with Crippen LogP contribution >= 0.6 is 0 Å². The number of ether oxygens (including phenoxy) is 1. The highest BCUT2D eigenvalue weighted by molar-refractivity contribution is 6.01. The lowest BCUT2D eigenvalue weighted by Gasteiger charge is -2.18. The van der Waals surface area contributed by atoms with Gasteiger partial charge in [0.25, 0.3) is 0 Å². The number of anilines is 2. The summed E-state index contributed by atoms with van der Waals surface area (Å²) in [5, 5.41) is 16.7. The van der Waals surface area contributed by atoms with E-state index in [4.69, 9.17) is 4.74 Å². The maximum absolute atomic E-state index is 13.7. The third-order valence-electron chi connectivity index (χ3n) is 5.01. The number of imidazole rings is 1. The minimum Gasteiger partial charge on any atom is -0.377 e. The molecule has 34 heavy (non-hydrogen) atoms. The number of nitrogens with one attached hydrogen (secondary N) is 2. The minimum atomic E-state index is -4.76. The molecular formula is C20H20F3N9O2. The maximum atomic E-state index is 13.7. The number of urea groups is 1. The van der Waals surface area contributed by atoms with Crippen molar-refractivity contribution in [3.05, 3.63) is 53.4 Å². The van der Waals surface area contributed by atoms with E-state index in [0.29, 0.717) is 22.6 Å². The fourth-order valence-corrected chi connectivity index (χ4v) is 3.37. The molecular weight excluding hydrogens is 455 g/mol. The number of amides is 2. The Morgan fingerprint density at radius 2 is 1.76 bits per heavy atom. The zero-order chi connectivity index (χ0) is 24.6. The zero-order valence-electron chi connectivity index (χ0n) is 18.5. The molecule has 4 aromatic heterocycles. The number of hydrogen-bond acceptors (Lipinski definition) is 7. The summed E-state index contributed by atoms with van der Waals surface area (Å²) in [4.78, 5) is 21.9. The molecule has 4 aromatic rings. The van der Waals surface area contributed by atoms with E-state index >= 15 is 0 Å². The quantitative estimate of drug-likeness (QED) is 0.451. The number of hydrogen-bond donors (Lipinski definition) is 2. The molecule has 0 bridgehead atoms. The lowest BCUT2D eigenvalue weighted by Crippen LogP contribution is -2.23. The van der Waals surface area contributed by atoms with Crippen molar-refractivity contribution < 1.29 is 22.7 Å². The Labute approximate surface area is 191 Å². The van der Waals surface area contributed by atoms with Crippen LogP contribution in [0.1, 0.15) is 35.5 Å². The molecule has 2 N–H and O–H groups in total. The molecule has 0 spiro atoms. The Morgan fingerprint density at radius 1 is 1.09 bits per heavy atom. The van der Waals surface area contributed by atoms with E-state index in [-0.39, 0.29) is 11.4 Å². The molecule has 0 unspecified atom stereocenters. The van der Waals surface area contributed by atoms with Gasteiger partial charge in [-0.1, -0.05) is 0 Å². The molecule has 4 rings (SSSR count). The number of carbonyl (C=O) groups is 1. The molecule has 14 heteroatoms. The summed E-state index contributed by atoms with van der Waals surface area (Å²) in [5.74, 6) is -0.499. The van der Waals surface area contributed by atoms with Gasteiger partial charge in [0.15, 0.2) is 11.5 Å². The van der Waals surface area contributed by atoms with Gasteiger partial charge < -0.3 is 15.4 Å². The molecule has 0 aliphatic heterocycles. The summed E-state index contributed by atoms with van der Waals surface area (Å²) >= 11 is 0. The first kappa shape index (κ1) is 23.1. The van der Waals surface area contributed by atoms with Crippen molar-refractivity contribution in [1.29, 1.82) is 0 Å². The predicted molar refractivity (Wildman–Crippen MR) is 115 cm³/mol. The summed E-state index contributed by atoms with van der Waals surface area (Å²) < 4.78 is 48.1. The van der Waals surface area contributed by atoms with Crippen LogP contribution in [0, 0.1) is 13.8 Å². The Morgan fingerprint density at radius 3 is 2.41 bits per heavy atom. The summed E-state index contributed by atoms with van der Waals surface area (Å²) in [5.41, 5.74) is 0.959. The average Bonchev–Trinajstić information content (AvgIpc) is 3.42. The van der Waals surface area contributed by atoms with Crippen LogP contribution in [0.3, 0.4) is 0 Å². The number of carbonyl (C=O) groups excluding carboxylic acids is 1.